The predicted molar refractivity (Wildman–Crippen MR) is 88.3 cm³/mol. The maximum absolute atomic E-state index is 11.4. The molecule has 0 fully saturated rings. The SMILES string of the molecule is CC(=O)c1cccc(NC=Cc2nnnn2-c2ccccc2)c1. The fourth-order valence-electron chi connectivity index (χ4n) is 2.09. The maximum atomic E-state index is 11.4. The highest BCUT2D eigenvalue weighted by Gasteiger charge is 2.04. The molecule has 0 aliphatic carbocycles. The van der Waals surface area contributed by atoms with Crippen LogP contribution in [0.25, 0.3) is 11.8 Å². The largest absolute Gasteiger partial charge is 0.362 e. The van der Waals surface area contributed by atoms with Gasteiger partial charge in [-0.3, -0.25) is 4.79 Å². The van der Waals surface area contributed by atoms with Gasteiger partial charge >= 0.3 is 0 Å². The van der Waals surface area contributed by atoms with Crippen molar-refractivity contribution < 1.29 is 4.79 Å². The molecule has 0 amide bonds. The molecule has 0 radical (unpaired) electrons. The summed E-state index contributed by atoms with van der Waals surface area (Å²) in [4.78, 5) is 11.4. The van der Waals surface area contributed by atoms with E-state index < -0.39 is 0 Å². The summed E-state index contributed by atoms with van der Waals surface area (Å²) in [6, 6.07) is 17.0. The van der Waals surface area contributed by atoms with E-state index in [9.17, 15) is 4.79 Å². The molecule has 0 bridgehead atoms. The van der Waals surface area contributed by atoms with E-state index in [1.54, 1.807) is 36.0 Å². The molecule has 0 saturated carbocycles. The molecule has 0 saturated heterocycles. The van der Waals surface area contributed by atoms with Gasteiger partial charge in [-0.1, -0.05) is 30.3 Å². The van der Waals surface area contributed by atoms with Gasteiger partial charge in [0.05, 0.1) is 5.69 Å². The van der Waals surface area contributed by atoms with Crippen LogP contribution in [-0.4, -0.2) is 26.0 Å². The Balaban J connectivity index is 1.76. The molecular weight excluding hydrogens is 290 g/mol. The summed E-state index contributed by atoms with van der Waals surface area (Å²) in [5.74, 6) is 0.636. The van der Waals surface area contributed by atoms with Crippen LogP contribution in [0.3, 0.4) is 0 Å². The Hall–Kier alpha value is -3.28. The minimum absolute atomic E-state index is 0.0330. The van der Waals surface area contributed by atoms with Crippen LogP contribution in [0.2, 0.25) is 0 Å². The fourth-order valence-corrected chi connectivity index (χ4v) is 2.09. The first kappa shape index (κ1) is 14.6. The maximum Gasteiger partial charge on any atom is 0.181 e. The lowest BCUT2D eigenvalue weighted by Crippen LogP contribution is -1.99. The lowest BCUT2D eigenvalue weighted by molar-refractivity contribution is 0.101. The van der Waals surface area contributed by atoms with Gasteiger partial charge in [0.1, 0.15) is 0 Å². The molecule has 0 aliphatic rings. The van der Waals surface area contributed by atoms with E-state index >= 15 is 0 Å². The number of benzene rings is 2. The number of ketones is 1. The number of hydrogen-bond acceptors (Lipinski definition) is 5. The molecule has 6 heteroatoms. The zero-order chi connectivity index (χ0) is 16.1. The summed E-state index contributed by atoms with van der Waals surface area (Å²) in [7, 11) is 0. The number of hydrogen-bond donors (Lipinski definition) is 1. The first-order valence-corrected chi connectivity index (χ1v) is 7.12. The first-order valence-electron chi connectivity index (χ1n) is 7.12. The zero-order valence-corrected chi connectivity index (χ0v) is 12.5. The average Bonchev–Trinajstić information content (AvgIpc) is 3.04. The second kappa shape index (κ2) is 6.65. The van der Waals surface area contributed by atoms with Crippen LogP contribution in [-0.2, 0) is 0 Å². The topological polar surface area (TPSA) is 72.7 Å². The van der Waals surface area contributed by atoms with E-state index in [2.05, 4.69) is 20.8 Å². The normalized spacial score (nSPS) is 10.8. The molecule has 3 rings (SSSR count). The van der Waals surface area contributed by atoms with Crippen molar-refractivity contribution in [3.8, 4) is 5.69 Å². The van der Waals surface area contributed by atoms with Gasteiger partial charge in [0, 0.05) is 23.5 Å². The molecule has 0 unspecified atom stereocenters. The molecule has 23 heavy (non-hydrogen) atoms. The number of rotatable bonds is 5. The molecule has 3 aromatic rings. The van der Waals surface area contributed by atoms with Gasteiger partial charge in [0.25, 0.3) is 0 Å². The summed E-state index contributed by atoms with van der Waals surface area (Å²) < 4.78 is 1.64. The minimum Gasteiger partial charge on any atom is -0.362 e. The van der Waals surface area contributed by atoms with Gasteiger partial charge in [-0.15, -0.1) is 5.10 Å². The van der Waals surface area contributed by atoms with Crippen molar-refractivity contribution in [2.75, 3.05) is 5.32 Å². The van der Waals surface area contributed by atoms with E-state index in [1.807, 2.05) is 42.5 Å². The highest BCUT2D eigenvalue weighted by Crippen LogP contribution is 2.12. The third-order valence-corrected chi connectivity index (χ3v) is 3.25. The molecule has 6 nitrogen and oxygen atoms in total. The van der Waals surface area contributed by atoms with E-state index in [0.29, 0.717) is 11.4 Å². The van der Waals surface area contributed by atoms with Crippen molar-refractivity contribution in [1.82, 2.24) is 20.2 Å². The fraction of sp³-hybridized carbons (Fsp3) is 0.0588. The molecule has 0 aliphatic heterocycles. The summed E-state index contributed by atoms with van der Waals surface area (Å²) in [6.45, 7) is 1.54. The Kier molecular flexibility index (Phi) is 4.24. The van der Waals surface area contributed by atoms with Crippen molar-refractivity contribution >= 4 is 17.5 Å². The predicted octanol–water partition coefficient (Wildman–Crippen LogP) is 2.95. The third-order valence-electron chi connectivity index (χ3n) is 3.25. The van der Waals surface area contributed by atoms with Crippen LogP contribution in [0, 0.1) is 0 Å². The average molecular weight is 305 g/mol. The molecule has 1 aromatic heterocycles. The quantitative estimate of drug-likeness (QED) is 0.734. The second-order valence-electron chi connectivity index (χ2n) is 4.90. The summed E-state index contributed by atoms with van der Waals surface area (Å²) in [5.41, 5.74) is 2.38. The second-order valence-corrected chi connectivity index (χ2v) is 4.90. The Bertz CT molecular complexity index is 839. The summed E-state index contributed by atoms with van der Waals surface area (Å²) >= 11 is 0. The standard InChI is InChI=1S/C17H15N5O/c1-13(23)14-6-5-7-15(12-14)18-11-10-17-19-20-21-22(17)16-8-3-2-4-9-16/h2-12,18H,1H3. The Morgan fingerprint density at radius 3 is 2.74 bits per heavy atom. The highest BCUT2D eigenvalue weighted by molar-refractivity contribution is 5.94. The Morgan fingerprint density at radius 1 is 1.13 bits per heavy atom. The van der Waals surface area contributed by atoms with Gasteiger partial charge in [0.2, 0.25) is 0 Å². The number of tetrazole rings is 1. The van der Waals surface area contributed by atoms with Crippen LogP contribution in [0.15, 0.2) is 60.8 Å². The van der Waals surface area contributed by atoms with Crippen molar-refractivity contribution in [3.05, 3.63) is 72.2 Å². The van der Waals surface area contributed by atoms with Crippen LogP contribution < -0.4 is 5.32 Å². The number of nitrogens with one attached hydrogen (secondary N) is 1. The number of aromatic nitrogens is 4. The first-order chi connectivity index (χ1) is 11.2. The molecule has 114 valence electrons. The van der Waals surface area contributed by atoms with E-state index in [0.717, 1.165) is 11.4 Å². The third kappa shape index (κ3) is 3.49. The number of carbonyl (C=O) groups is 1. The van der Waals surface area contributed by atoms with Crippen molar-refractivity contribution in [2.45, 2.75) is 6.92 Å². The monoisotopic (exact) mass is 305 g/mol. The van der Waals surface area contributed by atoms with E-state index in [1.165, 1.54) is 0 Å². The molecular formula is C17H15N5O. The number of para-hydroxylation sites is 1. The molecule has 2 aromatic carbocycles. The number of anilines is 1. The van der Waals surface area contributed by atoms with Gasteiger partial charge < -0.3 is 5.32 Å². The van der Waals surface area contributed by atoms with Crippen LogP contribution in [0.5, 0.6) is 0 Å². The van der Waals surface area contributed by atoms with Crippen molar-refractivity contribution in [1.29, 1.82) is 0 Å². The van der Waals surface area contributed by atoms with E-state index in [4.69, 9.17) is 0 Å². The van der Waals surface area contributed by atoms with Crippen LogP contribution >= 0.6 is 0 Å². The van der Waals surface area contributed by atoms with Gasteiger partial charge in [-0.05, 0) is 41.6 Å². The summed E-state index contributed by atoms with van der Waals surface area (Å²) in [6.07, 6.45) is 3.51. The van der Waals surface area contributed by atoms with Gasteiger partial charge in [-0.2, -0.15) is 4.68 Å². The van der Waals surface area contributed by atoms with Gasteiger partial charge in [0.15, 0.2) is 11.6 Å². The van der Waals surface area contributed by atoms with E-state index in [-0.39, 0.29) is 5.78 Å². The van der Waals surface area contributed by atoms with Crippen LogP contribution in [0.1, 0.15) is 23.1 Å². The van der Waals surface area contributed by atoms with Crippen molar-refractivity contribution in [3.63, 3.8) is 0 Å². The molecule has 1 N–H and O–H groups in total. The molecule has 0 spiro atoms. The number of carbonyl (C=O) groups excluding carboxylic acids is 1. The zero-order valence-electron chi connectivity index (χ0n) is 12.5. The van der Waals surface area contributed by atoms with Crippen LogP contribution in [0.4, 0.5) is 5.69 Å². The van der Waals surface area contributed by atoms with Crippen molar-refractivity contribution in [2.24, 2.45) is 0 Å². The number of Topliss-reactive ketones (excluding diaryl/α,β-unsaturated/α-hetero) is 1. The Morgan fingerprint density at radius 2 is 1.96 bits per heavy atom. The lowest BCUT2D eigenvalue weighted by atomic mass is 10.1. The Labute approximate surface area is 133 Å². The summed E-state index contributed by atoms with van der Waals surface area (Å²) in [5, 5.41) is 14.8. The minimum atomic E-state index is 0.0330. The molecule has 0 atom stereocenters. The smallest absolute Gasteiger partial charge is 0.181 e. The highest BCUT2D eigenvalue weighted by atomic mass is 16.1. The number of nitrogens with zero attached hydrogens (tertiary/aromatic N) is 4. The van der Waals surface area contributed by atoms with Gasteiger partial charge in [-0.25, -0.2) is 0 Å². The molecule has 1 heterocycles. The lowest BCUT2D eigenvalue weighted by Gasteiger charge is -2.03.